The standard InChI is InChI=1S/C26H27N3O/c30-26-24(23-15-9-16-27-20-23)19-22-14-10-17-28-25(22)29(26)18-8-3-1-2-5-11-21-12-6-4-7-13-21/h4,6-7,9-10,12-17,19-20H,1-3,5,8,11,18H2. The van der Waals surface area contributed by atoms with E-state index in [1.807, 2.05) is 34.9 Å². The summed E-state index contributed by atoms with van der Waals surface area (Å²) in [5.41, 5.74) is 3.72. The van der Waals surface area contributed by atoms with Crippen LogP contribution in [0.5, 0.6) is 0 Å². The molecule has 0 unspecified atom stereocenters. The van der Waals surface area contributed by atoms with Crippen LogP contribution in [0.2, 0.25) is 0 Å². The molecule has 4 aromatic rings. The van der Waals surface area contributed by atoms with E-state index in [4.69, 9.17) is 0 Å². The fourth-order valence-corrected chi connectivity index (χ4v) is 3.92. The number of pyridine rings is 3. The van der Waals surface area contributed by atoms with E-state index in [9.17, 15) is 4.79 Å². The molecule has 3 aromatic heterocycles. The van der Waals surface area contributed by atoms with Crippen molar-refractivity contribution in [3.05, 3.63) is 95.2 Å². The molecule has 0 radical (unpaired) electrons. The van der Waals surface area contributed by atoms with Gasteiger partial charge in [-0.15, -0.1) is 0 Å². The Morgan fingerprint density at radius 2 is 1.60 bits per heavy atom. The number of nitrogens with zero attached hydrogens (tertiary/aromatic N) is 3. The fourth-order valence-electron chi connectivity index (χ4n) is 3.92. The van der Waals surface area contributed by atoms with Crippen molar-refractivity contribution in [2.45, 2.75) is 45.1 Å². The maximum absolute atomic E-state index is 13.2. The molecule has 4 heteroatoms. The van der Waals surface area contributed by atoms with Crippen molar-refractivity contribution >= 4 is 11.0 Å². The van der Waals surface area contributed by atoms with Crippen molar-refractivity contribution in [1.29, 1.82) is 0 Å². The smallest absolute Gasteiger partial charge is 0.260 e. The number of unbranched alkanes of at least 4 members (excludes halogenated alkanes) is 4. The molecule has 152 valence electrons. The second-order valence-corrected chi connectivity index (χ2v) is 7.68. The van der Waals surface area contributed by atoms with E-state index in [0.29, 0.717) is 12.1 Å². The van der Waals surface area contributed by atoms with Crippen LogP contribution in [0, 0.1) is 0 Å². The van der Waals surface area contributed by atoms with Gasteiger partial charge in [-0.25, -0.2) is 4.98 Å². The first-order chi connectivity index (χ1) is 14.8. The Bertz CT molecular complexity index is 1140. The van der Waals surface area contributed by atoms with Crippen molar-refractivity contribution < 1.29 is 0 Å². The van der Waals surface area contributed by atoms with Crippen molar-refractivity contribution in [3.8, 4) is 11.1 Å². The molecule has 4 nitrogen and oxygen atoms in total. The summed E-state index contributed by atoms with van der Waals surface area (Å²) in [6, 6.07) is 20.3. The number of rotatable bonds is 9. The minimum atomic E-state index is 0.0123. The summed E-state index contributed by atoms with van der Waals surface area (Å²) in [6.07, 6.45) is 12.1. The largest absolute Gasteiger partial charge is 0.292 e. The van der Waals surface area contributed by atoms with Gasteiger partial charge in [-0.2, -0.15) is 0 Å². The molecule has 0 saturated carbocycles. The summed E-state index contributed by atoms with van der Waals surface area (Å²) in [7, 11) is 0. The van der Waals surface area contributed by atoms with E-state index in [0.717, 1.165) is 35.9 Å². The minimum absolute atomic E-state index is 0.0123. The predicted molar refractivity (Wildman–Crippen MR) is 122 cm³/mol. The van der Waals surface area contributed by atoms with Gasteiger partial charge in [-0.05, 0) is 49.1 Å². The van der Waals surface area contributed by atoms with Crippen LogP contribution in [-0.4, -0.2) is 14.5 Å². The van der Waals surface area contributed by atoms with Crippen molar-refractivity contribution in [2.24, 2.45) is 0 Å². The van der Waals surface area contributed by atoms with Gasteiger partial charge in [-0.1, -0.05) is 55.7 Å². The summed E-state index contributed by atoms with van der Waals surface area (Å²) in [4.78, 5) is 21.9. The van der Waals surface area contributed by atoms with Gasteiger partial charge < -0.3 is 0 Å². The maximum Gasteiger partial charge on any atom is 0.260 e. The van der Waals surface area contributed by atoms with E-state index >= 15 is 0 Å². The van der Waals surface area contributed by atoms with Crippen molar-refractivity contribution in [3.63, 3.8) is 0 Å². The normalized spacial score (nSPS) is 11.1. The fraction of sp³-hybridized carbons (Fsp3) is 0.269. The van der Waals surface area contributed by atoms with E-state index < -0.39 is 0 Å². The third-order valence-corrected chi connectivity index (χ3v) is 5.51. The second-order valence-electron chi connectivity index (χ2n) is 7.68. The van der Waals surface area contributed by atoms with E-state index in [-0.39, 0.29) is 5.56 Å². The molecular weight excluding hydrogens is 370 g/mol. The zero-order valence-corrected chi connectivity index (χ0v) is 17.2. The Hall–Kier alpha value is -3.27. The Balaban J connectivity index is 1.40. The topological polar surface area (TPSA) is 47.8 Å². The Labute approximate surface area is 177 Å². The van der Waals surface area contributed by atoms with Crippen LogP contribution in [-0.2, 0) is 13.0 Å². The summed E-state index contributed by atoms with van der Waals surface area (Å²) < 4.78 is 1.83. The Morgan fingerprint density at radius 1 is 0.800 bits per heavy atom. The number of hydrogen-bond donors (Lipinski definition) is 0. The van der Waals surface area contributed by atoms with Gasteiger partial charge >= 0.3 is 0 Å². The van der Waals surface area contributed by atoms with E-state index in [2.05, 4.69) is 40.3 Å². The average Bonchev–Trinajstić information content (AvgIpc) is 2.80. The highest BCUT2D eigenvalue weighted by molar-refractivity contribution is 5.81. The van der Waals surface area contributed by atoms with Crippen LogP contribution in [0.25, 0.3) is 22.2 Å². The summed E-state index contributed by atoms with van der Waals surface area (Å²) >= 11 is 0. The molecule has 0 N–H and O–H groups in total. The Morgan fingerprint density at radius 3 is 2.43 bits per heavy atom. The highest BCUT2D eigenvalue weighted by Crippen LogP contribution is 2.20. The zero-order chi connectivity index (χ0) is 20.6. The molecule has 0 aliphatic heterocycles. The molecule has 1 aromatic carbocycles. The Kier molecular flexibility index (Phi) is 6.65. The summed E-state index contributed by atoms with van der Waals surface area (Å²) in [5, 5.41) is 0.985. The van der Waals surface area contributed by atoms with Crippen LogP contribution in [0.4, 0.5) is 0 Å². The van der Waals surface area contributed by atoms with Gasteiger partial charge in [0.05, 0.1) is 0 Å². The lowest BCUT2D eigenvalue weighted by atomic mass is 10.1. The van der Waals surface area contributed by atoms with Crippen molar-refractivity contribution in [2.75, 3.05) is 0 Å². The lowest BCUT2D eigenvalue weighted by Gasteiger charge is -2.12. The van der Waals surface area contributed by atoms with Gasteiger partial charge in [0.25, 0.3) is 5.56 Å². The first kappa shape index (κ1) is 20.0. The molecule has 0 atom stereocenters. The van der Waals surface area contributed by atoms with Crippen LogP contribution < -0.4 is 5.56 Å². The summed E-state index contributed by atoms with van der Waals surface area (Å²) in [5.74, 6) is 0. The lowest BCUT2D eigenvalue weighted by Crippen LogP contribution is -2.23. The molecule has 30 heavy (non-hydrogen) atoms. The van der Waals surface area contributed by atoms with Crippen LogP contribution in [0.1, 0.15) is 37.7 Å². The quantitative estimate of drug-likeness (QED) is 0.343. The number of hydrogen-bond acceptors (Lipinski definition) is 3. The second kappa shape index (κ2) is 9.97. The molecule has 0 amide bonds. The monoisotopic (exact) mass is 397 g/mol. The third-order valence-electron chi connectivity index (χ3n) is 5.51. The predicted octanol–water partition coefficient (Wildman–Crippen LogP) is 5.65. The first-order valence-corrected chi connectivity index (χ1v) is 10.8. The molecule has 0 saturated heterocycles. The van der Waals surface area contributed by atoms with Gasteiger partial charge in [0.2, 0.25) is 0 Å². The molecule has 0 bridgehead atoms. The van der Waals surface area contributed by atoms with Crippen LogP contribution >= 0.6 is 0 Å². The molecule has 0 fully saturated rings. The van der Waals surface area contributed by atoms with Gasteiger partial charge in [-0.3, -0.25) is 14.3 Å². The maximum atomic E-state index is 13.2. The van der Waals surface area contributed by atoms with Gasteiger partial charge in [0.15, 0.2) is 0 Å². The minimum Gasteiger partial charge on any atom is -0.292 e. The third kappa shape index (κ3) is 4.82. The molecule has 0 aliphatic carbocycles. The van der Waals surface area contributed by atoms with E-state index in [1.54, 1.807) is 18.6 Å². The molecule has 4 rings (SSSR count). The zero-order valence-electron chi connectivity index (χ0n) is 17.2. The number of aromatic nitrogens is 3. The van der Waals surface area contributed by atoms with Crippen LogP contribution in [0.3, 0.4) is 0 Å². The van der Waals surface area contributed by atoms with Gasteiger partial charge in [0.1, 0.15) is 5.65 Å². The van der Waals surface area contributed by atoms with Gasteiger partial charge in [0, 0.05) is 41.6 Å². The molecule has 0 spiro atoms. The summed E-state index contributed by atoms with van der Waals surface area (Å²) in [6.45, 7) is 0.694. The number of benzene rings is 1. The lowest BCUT2D eigenvalue weighted by molar-refractivity contribution is 0.559. The van der Waals surface area contributed by atoms with E-state index in [1.165, 1.54) is 24.8 Å². The molecule has 3 heterocycles. The highest BCUT2D eigenvalue weighted by atomic mass is 16.1. The first-order valence-electron chi connectivity index (χ1n) is 10.8. The van der Waals surface area contributed by atoms with Crippen molar-refractivity contribution in [1.82, 2.24) is 14.5 Å². The number of aryl methyl sites for hydroxylation is 2. The highest BCUT2D eigenvalue weighted by Gasteiger charge is 2.11. The molecule has 0 aliphatic rings. The van der Waals surface area contributed by atoms with Crippen LogP contribution in [0.15, 0.2) is 84.0 Å². The SMILES string of the molecule is O=c1c(-c2cccnc2)cc2cccnc2n1CCCCCCCc1ccccc1. The molecular formula is C26H27N3O. The average molecular weight is 398 g/mol. The number of fused-ring (bicyclic) bond motifs is 1.